The predicted octanol–water partition coefficient (Wildman–Crippen LogP) is 2.87. The Kier molecular flexibility index (Phi) is 5.85. The van der Waals surface area contributed by atoms with E-state index in [9.17, 15) is 15.2 Å². The molecule has 0 spiro atoms. The number of ether oxygens (including phenoxy) is 2. The van der Waals surface area contributed by atoms with Gasteiger partial charge < -0.3 is 25.2 Å². The van der Waals surface area contributed by atoms with E-state index in [1.54, 1.807) is 37.4 Å². The number of rotatable bonds is 6. The highest BCUT2D eigenvalue weighted by atomic mass is 16.5. The van der Waals surface area contributed by atoms with Crippen LogP contribution in [0.25, 0.3) is 0 Å². The van der Waals surface area contributed by atoms with Crippen LogP contribution in [-0.2, 0) is 4.79 Å². The van der Waals surface area contributed by atoms with Gasteiger partial charge in [-0.15, -0.1) is 0 Å². The summed E-state index contributed by atoms with van der Waals surface area (Å²) >= 11 is 0. The molecule has 2 aromatic carbocycles. The van der Waals surface area contributed by atoms with Crippen molar-refractivity contribution >= 4 is 17.3 Å². The minimum absolute atomic E-state index is 0.0152. The fraction of sp³-hybridized carbons (Fsp3) is 0.111. The number of phenolic OH excluding ortho intramolecular Hbond substituents is 1. The van der Waals surface area contributed by atoms with Gasteiger partial charge in [0, 0.05) is 24.0 Å². The number of carbonyl (C=O) groups excluding carboxylic acids is 1. The fourth-order valence-electron chi connectivity index (χ4n) is 2.00. The topological polar surface area (TPSA) is 104 Å². The van der Waals surface area contributed by atoms with Crippen LogP contribution in [0.2, 0.25) is 0 Å². The number of nitrogens with one attached hydrogen (secondary N) is 2. The van der Waals surface area contributed by atoms with Crippen LogP contribution in [0.5, 0.6) is 17.2 Å². The van der Waals surface area contributed by atoms with E-state index in [1.807, 2.05) is 6.07 Å². The number of aromatic hydroxyl groups is 1. The zero-order chi connectivity index (χ0) is 18.2. The number of hydrogen-bond donors (Lipinski definition) is 3. The van der Waals surface area contributed by atoms with Gasteiger partial charge >= 0.3 is 0 Å². The lowest BCUT2D eigenvalue weighted by Crippen LogP contribution is -2.14. The van der Waals surface area contributed by atoms with Crippen LogP contribution < -0.4 is 20.1 Å². The van der Waals surface area contributed by atoms with Gasteiger partial charge in [-0.2, -0.15) is 5.26 Å². The van der Waals surface area contributed by atoms with Crippen molar-refractivity contribution in [3.63, 3.8) is 0 Å². The van der Waals surface area contributed by atoms with E-state index < -0.39 is 5.91 Å². The largest absolute Gasteiger partial charge is 0.508 e. The van der Waals surface area contributed by atoms with Gasteiger partial charge in [0.05, 0.1) is 19.9 Å². The first-order valence-electron chi connectivity index (χ1n) is 7.26. The number of amides is 1. The molecule has 25 heavy (non-hydrogen) atoms. The Bertz CT molecular complexity index is 840. The average molecular weight is 339 g/mol. The maximum Gasteiger partial charge on any atom is 0.267 e. The van der Waals surface area contributed by atoms with Crippen molar-refractivity contribution in [2.45, 2.75) is 0 Å². The molecule has 128 valence electrons. The third-order valence-corrected chi connectivity index (χ3v) is 3.25. The molecular formula is C18H17N3O4. The SMILES string of the molecule is COc1ccc(N/C=C(/C#N)C(=O)Nc2cccc(O)c2)c(OC)c1. The molecule has 0 atom stereocenters. The molecule has 0 heterocycles. The fourth-order valence-corrected chi connectivity index (χ4v) is 2.00. The molecule has 0 bridgehead atoms. The van der Waals surface area contributed by atoms with Crippen LogP contribution in [0.15, 0.2) is 54.2 Å². The zero-order valence-corrected chi connectivity index (χ0v) is 13.7. The number of carbonyl (C=O) groups is 1. The Labute approximate surface area is 145 Å². The van der Waals surface area contributed by atoms with Gasteiger partial charge in [-0.05, 0) is 24.3 Å². The molecular weight excluding hydrogens is 322 g/mol. The summed E-state index contributed by atoms with van der Waals surface area (Å²) in [5.74, 6) is 0.532. The summed E-state index contributed by atoms with van der Waals surface area (Å²) in [6, 6.07) is 13.0. The van der Waals surface area contributed by atoms with Crippen LogP contribution in [0.1, 0.15) is 0 Å². The summed E-state index contributed by atoms with van der Waals surface area (Å²) in [6.45, 7) is 0. The van der Waals surface area contributed by atoms with Crippen molar-refractivity contribution in [1.82, 2.24) is 0 Å². The van der Waals surface area contributed by atoms with E-state index in [2.05, 4.69) is 10.6 Å². The molecule has 2 rings (SSSR count). The summed E-state index contributed by atoms with van der Waals surface area (Å²) in [5.41, 5.74) is 0.815. The monoisotopic (exact) mass is 339 g/mol. The summed E-state index contributed by atoms with van der Waals surface area (Å²) in [6.07, 6.45) is 1.28. The molecule has 0 fully saturated rings. The van der Waals surface area contributed by atoms with Crippen molar-refractivity contribution in [2.75, 3.05) is 24.9 Å². The van der Waals surface area contributed by atoms with E-state index in [0.29, 0.717) is 22.9 Å². The number of hydrogen-bond acceptors (Lipinski definition) is 6. The van der Waals surface area contributed by atoms with Gasteiger partial charge in [-0.25, -0.2) is 0 Å². The maximum absolute atomic E-state index is 12.2. The van der Waals surface area contributed by atoms with E-state index in [4.69, 9.17) is 9.47 Å². The highest BCUT2D eigenvalue weighted by Crippen LogP contribution is 2.29. The van der Waals surface area contributed by atoms with Crippen LogP contribution in [0.4, 0.5) is 11.4 Å². The molecule has 0 unspecified atom stereocenters. The first-order valence-corrected chi connectivity index (χ1v) is 7.26. The molecule has 1 amide bonds. The van der Waals surface area contributed by atoms with E-state index >= 15 is 0 Å². The van der Waals surface area contributed by atoms with Gasteiger partial charge in [0.25, 0.3) is 5.91 Å². The number of nitrogens with zero attached hydrogens (tertiary/aromatic N) is 1. The summed E-state index contributed by atoms with van der Waals surface area (Å²) in [5, 5.41) is 24.0. The van der Waals surface area contributed by atoms with Crippen LogP contribution >= 0.6 is 0 Å². The van der Waals surface area contributed by atoms with Crippen LogP contribution in [0, 0.1) is 11.3 Å². The summed E-state index contributed by atoms with van der Waals surface area (Å²) in [7, 11) is 3.05. The maximum atomic E-state index is 12.2. The zero-order valence-electron chi connectivity index (χ0n) is 13.7. The smallest absolute Gasteiger partial charge is 0.267 e. The van der Waals surface area contributed by atoms with Gasteiger partial charge in [0.15, 0.2) is 0 Å². The molecule has 0 aliphatic rings. The first kappa shape index (κ1) is 17.7. The normalized spacial score (nSPS) is 10.5. The van der Waals surface area contributed by atoms with Crippen molar-refractivity contribution in [3.05, 3.63) is 54.2 Å². The Morgan fingerprint density at radius 1 is 1.20 bits per heavy atom. The summed E-state index contributed by atoms with van der Waals surface area (Å²) < 4.78 is 10.4. The van der Waals surface area contributed by atoms with Gasteiger partial charge in [-0.1, -0.05) is 6.07 Å². The van der Waals surface area contributed by atoms with Crippen molar-refractivity contribution in [3.8, 4) is 23.3 Å². The Hall–Kier alpha value is -3.66. The third kappa shape index (κ3) is 4.65. The number of phenols is 1. The Morgan fingerprint density at radius 3 is 2.64 bits per heavy atom. The minimum Gasteiger partial charge on any atom is -0.508 e. The average Bonchev–Trinajstić information content (AvgIpc) is 2.62. The highest BCUT2D eigenvalue weighted by Gasteiger charge is 2.10. The summed E-state index contributed by atoms with van der Waals surface area (Å²) in [4.78, 5) is 12.2. The minimum atomic E-state index is -0.604. The Balaban J connectivity index is 2.15. The van der Waals surface area contributed by atoms with Gasteiger partial charge in [-0.3, -0.25) is 4.79 Å². The molecule has 3 N–H and O–H groups in total. The second-order valence-electron chi connectivity index (χ2n) is 4.88. The molecule has 0 aliphatic carbocycles. The molecule has 0 saturated carbocycles. The van der Waals surface area contributed by atoms with Gasteiger partial charge in [0.1, 0.15) is 28.9 Å². The third-order valence-electron chi connectivity index (χ3n) is 3.25. The second kappa shape index (κ2) is 8.26. The molecule has 7 nitrogen and oxygen atoms in total. The van der Waals surface area contributed by atoms with Crippen molar-refractivity contribution in [1.29, 1.82) is 5.26 Å². The van der Waals surface area contributed by atoms with E-state index in [0.717, 1.165) is 0 Å². The molecule has 0 aliphatic heterocycles. The van der Waals surface area contributed by atoms with Gasteiger partial charge in [0.2, 0.25) is 0 Å². The molecule has 0 aromatic heterocycles. The highest BCUT2D eigenvalue weighted by molar-refractivity contribution is 6.06. The number of anilines is 2. The lowest BCUT2D eigenvalue weighted by molar-refractivity contribution is -0.112. The lowest BCUT2D eigenvalue weighted by atomic mass is 10.2. The standard InChI is InChI=1S/C18H17N3O4/c1-24-15-6-7-16(17(9-15)25-2)20-11-12(10-19)18(23)21-13-4-3-5-14(22)8-13/h3-9,11,20,22H,1-2H3,(H,21,23)/b12-11-. The van der Waals surface area contributed by atoms with Crippen LogP contribution in [0.3, 0.4) is 0 Å². The van der Waals surface area contributed by atoms with Crippen molar-refractivity contribution in [2.24, 2.45) is 0 Å². The van der Waals surface area contributed by atoms with E-state index in [1.165, 1.54) is 25.4 Å². The van der Waals surface area contributed by atoms with Crippen LogP contribution in [-0.4, -0.2) is 25.2 Å². The number of nitriles is 1. The second-order valence-corrected chi connectivity index (χ2v) is 4.88. The lowest BCUT2D eigenvalue weighted by Gasteiger charge is -2.10. The predicted molar refractivity (Wildman–Crippen MR) is 93.6 cm³/mol. The van der Waals surface area contributed by atoms with E-state index in [-0.39, 0.29) is 11.3 Å². The molecule has 7 heteroatoms. The quantitative estimate of drug-likeness (QED) is 0.552. The molecule has 0 saturated heterocycles. The first-order chi connectivity index (χ1) is 12.1. The molecule has 2 aromatic rings. The van der Waals surface area contributed by atoms with Crippen molar-refractivity contribution < 1.29 is 19.4 Å². The number of benzene rings is 2. The number of methoxy groups -OCH3 is 2. The molecule has 0 radical (unpaired) electrons. The Morgan fingerprint density at radius 2 is 2.00 bits per heavy atom.